The number of fused-ring (bicyclic) bond motifs is 1. The van der Waals surface area contributed by atoms with E-state index >= 15 is 0 Å². The molecule has 0 saturated carbocycles. The number of rotatable bonds is 5. The fourth-order valence-corrected chi connectivity index (χ4v) is 3.68. The molecule has 136 valence electrons. The summed E-state index contributed by atoms with van der Waals surface area (Å²) >= 11 is 0. The molecule has 0 bridgehead atoms. The average molecular weight is 360 g/mol. The van der Waals surface area contributed by atoms with Gasteiger partial charge in [0.1, 0.15) is 5.82 Å². The molecule has 0 aromatic heterocycles. The van der Waals surface area contributed by atoms with Crippen LogP contribution in [0.25, 0.3) is 11.1 Å². The van der Waals surface area contributed by atoms with Gasteiger partial charge >= 0.3 is 0 Å². The molecule has 1 aliphatic carbocycles. The van der Waals surface area contributed by atoms with Crippen molar-refractivity contribution in [3.8, 4) is 11.1 Å². The number of amides is 1. The lowest BCUT2D eigenvalue weighted by Crippen LogP contribution is -2.29. The lowest BCUT2D eigenvalue weighted by molar-refractivity contribution is 0.100. The van der Waals surface area contributed by atoms with E-state index in [9.17, 15) is 9.18 Å². The maximum absolute atomic E-state index is 14.6. The van der Waals surface area contributed by atoms with E-state index in [1.54, 1.807) is 24.3 Å². The standard InChI is InChI=1S/C23H21FN2O/c24-22-13-18(15-6-3-7-19(10-15)23(25)27)8-9-20(22)14-26-21-11-16-4-1-2-5-17(16)12-21/h1-10,13,21,26H,11-12,14H2,(H2,25,27). The SMILES string of the molecule is NC(=O)c1cccc(-c2ccc(CNC3Cc4ccccc4C3)c(F)c2)c1. The van der Waals surface area contributed by atoms with Crippen molar-refractivity contribution in [1.29, 1.82) is 0 Å². The van der Waals surface area contributed by atoms with Crippen LogP contribution >= 0.6 is 0 Å². The largest absolute Gasteiger partial charge is 0.366 e. The second-order valence-electron chi connectivity index (χ2n) is 7.01. The summed E-state index contributed by atoms with van der Waals surface area (Å²) in [7, 11) is 0. The molecule has 0 aliphatic heterocycles. The van der Waals surface area contributed by atoms with Crippen molar-refractivity contribution < 1.29 is 9.18 Å². The molecule has 27 heavy (non-hydrogen) atoms. The second-order valence-corrected chi connectivity index (χ2v) is 7.01. The van der Waals surface area contributed by atoms with Crippen molar-refractivity contribution in [3.63, 3.8) is 0 Å². The van der Waals surface area contributed by atoms with E-state index in [0.29, 0.717) is 23.7 Å². The third-order valence-corrected chi connectivity index (χ3v) is 5.17. The van der Waals surface area contributed by atoms with Crippen LogP contribution in [0.2, 0.25) is 0 Å². The molecule has 4 heteroatoms. The van der Waals surface area contributed by atoms with Gasteiger partial charge in [-0.05, 0) is 53.3 Å². The van der Waals surface area contributed by atoms with Crippen molar-refractivity contribution in [2.45, 2.75) is 25.4 Å². The van der Waals surface area contributed by atoms with Gasteiger partial charge in [-0.15, -0.1) is 0 Å². The van der Waals surface area contributed by atoms with E-state index in [2.05, 4.69) is 29.6 Å². The molecule has 0 unspecified atom stereocenters. The fourth-order valence-electron chi connectivity index (χ4n) is 3.68. The molecule has 0 fully saturated rings. The molecule has 3 nitrogen and oxygen atoms in total. The van der Waals surface area contributed by atoms with Crippen LogP contribution in [0.1, 0.15) is 27.0 Å². The van der Waals surface area contributed by atoms with Crippen LogP contribution in [0.4, 0.5) is 4.39 Å². The Morgan fingerprint density at radius 1 is 0.963 bits per heavy atom. The van der Waals surface area contributed by atoms with Crippen LogP contribution in [0.5, 0.6) is 0 Å². The lowest BCUT2D eigenvalue weighted by atomic mass is 10.0. The Morgan fingerprint density at radius 3 is 2.33 bits per heavy atom. The Balaban J connectivity index is 1.45. The van der Waals surface area contributed by atoms with Gasteiger partial charge in [0.15, 0.2) is 0 Å². The Labute approximate surface area is 158 Å². The Morgan fingerprint density at radius 2 is 1.67 bits per heavy atom. The Hall–Kier alpha value is -2.98. The predicted octanol–water partition coefficient (Wildman–Crippen LogP) is 3.85. The molecule has 0 radical (unpaired) electrons. The molecule has 0 heterocycles. The lowest BCUT2D eigenvalue weighted by Gasteiger charge is -2.13. The summed E-state index contributed by atoms with van der Waals surface area (Å²) in [4.78, 5) is 11.3. The molecule has 1 amide bonds. The first kappa shape index (κ1) is 17.4. The van der Waals surface area contributed by atoms with Crippen molar-refractivity contribution in [3.05, 3.63) is 94.8 Å². The quantitative estimate of drug-likeness (QED) is 0.726. The van der Waals surface area contributed by atoms with Gasteiger partial charge in [0.2, 0.25) is 5.91 Å². The molecule has 4 rings (SSSR count). The summed E-state index contributed by atoms with van der Waals surface area (Å²) in [5.74, 6) is -0.740. The highest BCUT2D eigenvalue weighted by Gasteiger charge is 2.20. The van der Waals surface area contributed by atoms with E-state index in [-0.39, 0.29) is 5.82 Å². The molecule has 1 aliphatic rings. The van der Waals surface area contributed by atoms with Crippen molar-refractivity contribution in [2.75, 3.05) is 0 Å². The minimum absolute atomic E-state index is 0.250. The van der Waals surface area contributed by atoms with Crippen LogP contribution < -0.4 is 11.1 Å². The summed E-state index contributed by atoms with van der Waals surface area (Å²) in [6.07, 6.45) is 1.96. The summed E-state index contributed by atoms with van der Waals surface area (Å²) in [5, 5.41) is 3.47. The maximum atomic E-state index is 14.6. The van der Waals surface area contributed by atoms with E-state index in [0.717, 1.165) is 24.0 Å². The number of nitrogens with two attached hydrogens (primary N) is 1. The van der Waals surface area contributed by atoms with Crippen molar-refractivity contribution in [1.82, 2.24) is 5.32 Å². The molecule has 3 aromatic carbocycles. The summed E-state index contributed by atoms with van der Waals surface area (Å²) in [6, 6.07) is 20.9. The highest BCUT2D eigenvalue weighted by Crippen LogP contribution is 2.24. The number of carbonyl (C=O) groups is 1. The zero-order chi connectivity index (χ0) is 18.8. The average Bonchev–Trinajstić information content (AvgIpc) is 3.10. The number of halogens is 1. The monoisotopic (exact) mass is 360 g/mol. The summed E-state index contributed by atoms with van der Waals surface area (Å²) in [6.45, 7) is 0.492. The molecular formula is C23H21FN2O. The number of benzene rings is 3. The topological polar surface area (TPSA) is 55.1 Å². The molecule has 3 N–H and O–H groups in total. The minimum atomic E-state index is -0.490. The number of carbonyl (C=O) groups excluding carboxylic acids is 1. The highest BCUT2D eigenvalue weighted by atomic mass is 19.1. The van der Waals surface area contributed by atoms with Gasteiger partial charge in [-0.25, -0.2) is 4.39 Å². The number of hydrogen-bond donors (Lipinski definition) is 2. The number of primary amides is 1. The Bertz CT molecular complexity index is 974. The van der Waals surface area contributed by atoms with Gasteiger partial charge in [0.25, 0.3) is 0 Å². The second kappa shape index (κ2) is 7.33. The smallest absolute Gasteiger partial charge is 0.248 e. The molecule has 0 spiro atoms. The zero-order valence-corrected chi connectivity index (χ0v) is 14.9. The minimum Gasteiger partial charge on any atom is -0.366 e. The molecule has 3 aromatic rings. The molecule has 0 atom stereocenters. The van der Waals surface area contributed by atoms with Crippen molar-refractivity contribution in [2.24, 2.45) is 5.73 Å². The van der Waals surface area contributed by atoms with Gasteiger partial charge in [-0.1, -0.05) is 48.5 Å². The third-order valence-electron chi connectivity index (χ3n) is 5.17. The van der Waals surface area contributed by atoms with Gasteiger partial charge in [-0.2, -0.15) is 0 Å². The zero-order valence-electron chi connectivity index (χ0n) is 14.9. The normalized spacial score (nSPS) is 13.5. The maximum Gasteiger partial charge on any atom is 0.248 e. The van der Waals surface area contributed by atoms with Crippen LogP contribution in [0.15, 0.2) is 66.7 Å². The Kier molecular flexibility index (Phi) is 4.73. The number of nitrogens with one attached hydrogen (secondary N) is 1. The first-order valence-electron chi connectivity index (χ1n) is 9.09. The van der Waals surface area contributed by atoms with Gasteiger partial charge < -0.3 is 11.1 Å². The fraction of sp³-hybridized carbons (Fsp3) is 0.174. The van der Waals surface area contributed by atoms with E-state index < -0.39 is 5.91 Å². The van der Waals surface area contributed by atoms with Gasteiger partial charge in [0, 0.05) is 23.7 Å². The predicted molar refractivity (Wildman–Crippen MR) is 105 cm³/mol. The van der Waals surface area contributed by atoms with Crippen LogP contribution in [-0.4, -0.2) is 11.9 Å². The van der Waals surface area contributed by atoms with Gasteiger partial charge in [-0.3, -0.25) is 4.79 Å². The van der Waals surface area contributed by atoms with Crippen LogP contribution in [0, 0.1) is 5.82 Å². The summed E-state index contributed by atoms with van der Waals surface area (Å²) in [5.41, 5.74) is 10.6. The third kappa shape index (κ3) is 3.76. The van der Waals surface area contributed by atoms with E-state index in [1.165, 1.54) is 17.2 Å². The molecular weight excluding hydrogens is 339 g/mol. The van der Waals surface area contributed by atoms with E-state index in [4.69, 9.17) is 5.73 Å². The van der Waals surface area contributed by atoms with Gasteiger partial charge in [0.05, 0.1) is 0 Å². The highest BCUT2D eigenvalue weighted by molar-refractivity contribution is 5.94. The first-order chi connectivity index (χ1) is 13.1. The van der Waals surface area contributed by atoms with Crippen molar-refractivity contribution >= 4 is 5.91 Å². The van der Waals surface area contributed by atoms with E-state index in [1.807, 2.05) is 12.1 Å². The molecule has 0 saturated heterocycles. The van der Waals surface area contributed by atoms with Crippen LogP contribution in [0.3, 0.4) is 0 Å². The first-order valence-corrected chi connectivity index (χ1v) is 9.09. The summed E-state index contributed by atoms with van der Waals surface area (Å²) < 4.78 is 14.6. The number of hydrogen-bond acceptors (Lipinski definition) is 2. The van der Waals surface area contributed by atoms with Crippen LogP contribution in [-0.2, 0) is 19.4 Å².